The molecule has 2 atom stereocenters. The van der Waals surface area contributed by atoms with Crippen LogP contribution in [0.25, 0.3) is 10.9 Å². The van der Waals surface area contributed by atoms with Crippen LogP contribution < -0.4 is 15.8 Å². The third kappa shape index (κ3) is 4.69. The summed E-state index contributed by atoms with van der Waals surface area (Å²) in [6, 6.07) is 7.67. The van der Waals surface area contributed by atoms with Gasteiger partial charge in [0.1, 0.15) is 23.5 Å². The number of H-pyrrole nitrogens is 1. The van der Waals surface area contributed by atoms with Crippen molar-refractivity contribution in [1.29, 1.82) is 5.26 Å². The third-order valence-corrected chi connectivity index (χ3v) is 5.08. The molecule has 1 unspecified atom stereocenters. The van der Waals surface area contributed by atoms with E-state index in [0.29, 0.717) is 29.5 Å². The molecule has 9 nitrogen and oxygen atoms in total. The van der Waals surface area contributed by atoms with Gasteiger partial charge in [0, 0.05) is 23.7 Å². The summed E-state index contributed by atoms with van der Waals surface area (Å²) in [6.07, 6.45) is 3.87. The highest BCUT2D eigenvalue weighted by atomic mass is 16.5. The first-order chi connectivity index (χ1) is 14.8. The number of carbonyl (C=O) groups is 2. The number of methoxy groups -OCH3 is 1. The zero-order valence-corrected chi connectivity index (χ0v) is 17.8. The molecule has 0 bridgehead atoms. The van der Waals surface area contributed by atoms with Crippen LogP contribution in [0.15, 0.2) is 36.8 Å². The second-order valence-electron chi connectivity index (χ2n) is 7.77. The fraction of sp³-hybridized carbons (Fsp3) is 0.364. The Bertz CT molecular complexity index is 1110. The van der Waals surface area contributed by atoms with E-state index in [-0.39, 0.29) is 17.5 Å². The Balaban J connectivity index is 2.03. The molecule has 3 rings (SSSR count). The lowest BCUT2D eigenvalue weighted by atomic mass is 10.0. The summed E-state index contributed by atoms with van der Waals surface area (Å²) in [7, 11) is 1.54. The van der Waals surface area contributed by atoms with Crippen molar-refractivity contribution in [2.75, 3.05) is 7.11 Å². The largest absolute Gasteiger partial charge is 0.496 e. The standard InChI is InChI=1S/C22H26N6O3/c1-13(2)7-19(22(30)27-14(10-23)8-15-11-25-12-26-15)28-17-5-4-6-20(31-3)16(17)9-18(28)21(24)29/h4-6,9,11-14,19H,7-8H2,1-3H3,(H2,24,29)(H,25,26)(H,27,30)/t14?,19-/m0/s1. The van der Waals surface area contributed by atoms with Gasteiger partial charge in [0.25, 0.3) is 5.91 Å². The van der Waals surface area contributed by atoms with E-state index >= 15 is 0 Å². The molecule has 0 aliphatic carbocycles. The Kier molecular flexibility index (Phi) is 6.60. The van der Waals surface area contributed by atoms with Gasteiger partial charge in [-0.25, -0.2) is 4.98 Å². The van der Waals surface area contributed by atoms with Crippen molar-refractivity contribution >= 4 is 22.7 Å². The van der Waals surface area contributed by atoms with E-state index in [1.54, 1.807) is 36.1 Å². The number of nitrogens with one attached hydrogen (secondary N) is 2. The number of imidazole rings is 1. The number of nitrogens with two attached hydrogens (primary N) is 1. The number of carbonyl (C=O) groups excluding carboxylic acids is 2. The summed E-state index contributed by atoms with van der Waals surface area (Å²) in [5.74, 6) is -0.277. The summed E-state index contributed by atoms with van der Waals surface area (Å²) in [5, 5.41) is 13.1. The number of aromatic nitrogens is 3. The number of amides is 2. The van der Waals surface area contributed by atoms with Gasteiger partial charge in [0.2, 0.25) is 5.91 Å². The zero-order valence-electron chi connectivity index (χ0n) is 17.8. The van der Waals surface area contributed by atoms with Crippen molar-refractivity contribution < 1.29 is 14.3 Å². The maximum atomic E-state index is 13.4. The highest BCUT2D eigenvalue weighted by Crippen LogP contribution is 2.33. The summed E-state index contributed by atoms with van der Waals surface area (Å²) in [4.78, 5) is 32.5. The van der Waals surface area contributed by atoms with E-state index in [0.717, 1.165) is 5.69 Å². The molecule has 3 aromatic rings. The van der Waals surface area contributed by atoms with Crippen molar-refractivity contribution in [2.45, 2.75) is 38.8 Å². The Hall–Kier alpha value is -3.80. The van der Waals surface area contributed by atoms with Crippen LogP contribution in [0.4, 0.5) is 0 Å². The average Bonchev–Trinajstić information content (AvgIpc) is 3.38. The number of fused-ring (bicyclic) bond motifs is 1. The SMILES string of the molecule is COc1cccc2c1cc(C(N)=O)n2[C@@H](CC(C)C)C(=O)NC(C#N)Cc1cnc[nH]1. The van der Waals surface area contributed by atoms with E-state index < -0.39 is 18.0 Å². The zero-order chi connectivity index (χ0) is 22.5. The molecule has 162 valence electrons. The third-order valence-electron chi connectivity index (χ3n) is 5.08. The van der Waals surface area contributed by atoms with Gasteiger partial charge >= 0.3 is 0 Å². The first kappa shape index (κ1) is 21.9. The lowest BCUT2D eigenvalue weighted by Crippen LogP contribution is -2.41. The first-order valence-corrected chi connectivity index (χ1v) is 10.0. The number of nitrogens with zero attached hydrogens (tertiary/aromatic N) is 3. The van der Waals surface area contributed by atoms with E-state index in [2.05, 4.69) is 21.4 Å². The Morgan fingerprint density at radius 2 is 2.16 bits per heavy atom. The number of rotatable bonds is 9. The summed E-state index contributed by atoms with van der Waals surface area (Å²) in [5.41, 5.74) is 7.27. The second kappa shape index (κ2) is 9.34. The van der Waals surface area contributed by atoms with Crippen LogP contribution in [-0.2, 0) is 11.2 Å². The molecule has 0 aliphatic rings. The number of hydrogen-bond acceptors (Lipinski definition) is 5. The van der Waals surface area contributed by atoms with E-state index in [1.807, 2.05) is 19.9 Å². The molecule has 9 heteroatoms. The van der Waals surface area contributed by atoms with Crippen LogP contribution in [0.5, 0.6) is 5.75 Å². The van der Waals surface area contributed by atoms with Crippen LogP contribution in [0.1, 0.15) is 42.5 Å². The molecule has 0 saturated carbocycles. The number of primary amides is 1. The lowest BCUT2D eigenvalue weighted by molar-refractivity contribution is -0.125. The highest BCUT2D eigenvalue weighted by molar-refractivity contribution is 6.01. The van der Waals surface area contributed by atoms with Crippen molar-refractivity contribution in [3.63, 3.8) is 0 Å². The lowest BCUT2D eigenvalue weighted by Gasteiger charge is -2.24. The molecule has 2 heterocycles. The number of benzene rings is 1. The molecule has 31 heavy (non-hydrogen) atoms. The van der Waals surface area contributed by atoms with Gasteiger partial charge in [0.05, 0.1) is 25.0 Å². The maximum absolute atomic E-state index is 13.4. The smallest absolute Gasteiger partial charge is 0.265 e. The summed E-state index contributed by atoms with van der Waals surface area (Å²) in [6.45, 7) is 3.98. The molecule has 0 aliphatic heterocycles. The topological polar surface area (TPSA) is 139 Å². The number of hydrogen-bond donors (Lipinski definition) is 3. The monoisotopic (exact) mass is 422 g/mol. The quantitative estimate of drug-likeness (QED) is 0.486. The van der Waals surface area contributed by atoms with E-state index in [9.17, 15) is 14.9 Å². The molecular formula is C22H26N6O3. The molecule has 0 spiro atoms. The minimum absolute atomic E-state index is 0.146. The van der Waals surface area contributed by atoms with Gasteiger partial charge in [0.15, 0.2) is 0 Å². The molecule has 2 aromatic heterocycles. The maximum Gasteiger partial charge on any atom is 0.265 e. The van der Waals surface area contributed by atoms with Gasteiger partial charge in [-0.15, -0.1) is 0 Å². The van der Waals surface area contributed by atoms with Crippen LogP contribution >= 0.6 is 0 Å². The van der Waals surface area contributed by atoms with Gasteiger partial charge in [-0.2, -0.15) is 5.26 Å². The number of aromatic amines is 1. The van der Waals surface area contributed by atoms with Crippen molar-refractivity contribution in [3.8, 4) is 11.8 Å². The Morgan fingerprint density at radius 3 is 2.74 bits per heavy atom. The van der Waals surface area contributed by atoms with Crippen molar-refractivity contribution in [1.82, 2.24) is 19.9 Å². The molecule has 0 fully saturated rings. The molecule has 0 radical (unpaired) electrons. The van der Waals surface area contributed by atoms with Gasteiger partial charge < -0.3 is 25.3 Å². The van der Waals surface area contributed by atoms with Gasteiger partial charge in [-0.05, 0) is 30.5 Å². The van der Waals surface area contributed by atoms with Crippen molar-refractivity contribution in [3.05, 3.63) is 48.2 Å². The molecule has 0 saturated heterocycles. The van der Waals surface area contributed by atoms with Gasteiger partial charge in [-0.3, -0.25) is 9.59 Å². The normalized spacial score (nSPS) is 13.0. The van der Waals surface area contributed by atoms with Crippen molar-refractivity contribution in [2.24, 2.45) is 11.7 Å². The molecule has 2 amide bonds. The number of ether oxygens (including phenoxy) is 1. The van der Waals surface area contributed by atoms with Crippen LogP contribution in [0.2, 0.25) is 0 Å². The Labute approximate surface area is 180 Å². The fourth-order valence-electron chi connectivity index (χ4n) is 3.72. The highest BCUT2D eigenvalue weighted by Gasteiger charge is 2.29. The van der Waals surface area contributed by atoms with E-state index in [1.165, 1.54) is 6.33 Å². The minimum atomic E-state index is -0.754. The minimum Gasteiger partial charge on any atom is -0.496 e. The van der Waals surface area contributed by atoms with Gasteiger partial charge in [-0.1, -0.05) is 19.9 Å². The predicted octanol–water partition coefficient (Wildman–Crippen LogP) is 2.31. The molecule has 4 N–H and O–H groups in total. The van der Waals surface area contributed by atoms with Crippen LogP contribution in [0, 0.1) is 17.2 Å². The summed E-state index contributed by atoms with van der Waals surface area (Å²) >= 11 is 0. The number of nitriles is 1. The Morgan fingerprint density at radius 1 is 1.39 bits per heavy atom. The van der Waals surface area contributed by atoms with Crippen LogP contribution in [0.3, 0.4) is 0 Å². The molecule has 1 aromatic carbocycles. The van der Waals surface area contributed by atoms with E-state index in [4.69, 9.17) is 10.5 Å². The fourth-order valence-corrected chi connectivity index (χ4v) is 3.72. The average molecular weight is 422 g/mol. The van der Waals surface area contributed by atoms with Crippen LogP contribution in [-0.4, -0.2) is 39.5 Å². The first-order valence-electron chi connectivity index (χ1n) is 10.0. The molecular weight excluding hydrogens is 396 g/mol. The predicted molar refractivity (Wildman–Crippen MR) is 115 cm³/mol. The summed E-state index contributed by atoms with van der Waals surface area (Å²) < 4.78 is 7.07. The second-order valence-corrected chi connectivity index (χ2v) is 7.77.